The van der Waals surface area contributed by atoms with E-state index in [9.17, 15) is 18.0 Å². The van der Waals surface area contributed by atoms with Crippen LogP contribution in [0, 0.1) is 0 Å². The normalized spacial score (nSPS) is 11.6. The molecule has 2 aromatic heterocycles. The van der Waals surface area contributed by atoms with Crippen molar-refractivity contribution in [3.05, 3.63) is 53.7 Å². The predicted molar refractivity (Wildman–Crippen MR) is 73.3 cm³/mol. The lowest BCUT2D eigenvalue weighted by Crippen LogP contribution is -2.13. The van der Waals surface area contributed by atoms with Gasteiger partial charge in [-0.25, -0.2) is 4.98 Å². The lowest BCUT2D eigenvalue weighted by molar-refractivity contribution is -0.137. The summed E-state index contributed by atoms with van der Waals surface area (Å²) in [6, 6.07) is 7.37. The van der Waals surface area contributed by atoms with Gasteiger partial charge in [0.05, 0.1) is 10.9 Å². The molecule has 112 valence electrons. The van der Waals surface area contributed by atoms with Crippen molar-refractivity contribution in [1.82, 2.24) is 15.2 Å². The number of carbonyl (C=O) groups excluding carboxylic acids is 1. The summed E-state index contributed by atoms with van der Waals surface area (Å²) in [5.41, 5.74) is -0.259. The van der Waals surface area contributed by atoms with Crippen LogP contribution in [-0.2, 0) is 6.18 Å². The van der Waals surface area contributed by atoms with Crippen LogP contribution in [0.4, 0.5) is 19.0 Å². The molecule has 0 bridgehead atoms. The highest BCUT2D eigenvalue weighted by Gasteiger charge is 2.30. The highest BCUT2D eigenvalue weighted by atomic mass is 19.4. The monoisotopic (exact) mass is 306 g/mol. The molecule has 0 radical (unpaired) electrons. The zero-order valence-corrected chi connectivity index (χ0v) is 11.0. The standard InChI is InChI=1S/C14H9F3N4O/c15-14(16,17)9-5-3-8(4-6-9)13(22)19-12-10-2-1-7-18-11(10)20-21-12/h1-7H,(H2,18,19,20,21,22). The maximum atomic E-state index is 12.5. The summed E-state index contributed by atoms with van der Waals surface area (Å²) in [6.45, 7) is 0. The van der Waals surface area contributed by atoms with Crippen LogP contribution in [0.5, 0.6) is 0 Å². The number of hydrogen-bond donors (Lipinski definition) is 2. The Labute approximate surface area is 122 Å². The van der Waals surface area contributed by atoms with E-state index in [1.165, 1.54) is 0 Å². The first-order chi connectivity index (χ1) is 10.4. The average Bonchev–Trinajstić information content (AvgIpc) is 2.90. The molecule has 0 saturated carbocycles. The largest absolute Gasteiger partial charge is 0.416 e. The smallest absolute Gasteiger partial charge is 0.306 e. The summed E-state index contributed by atoms with van der Waals surface area (Å²) in [5.74, 6) is -0.198. The van der Waals surface area contributed by atoms with Gasteiger partial charge in [-0.3, -0.25) is 9.89 Å². The van der Waals surface area contributed by atoms with E-state index >= 15 is 0 Å². The minimum atomic E-state index is -4.43. The van der Waals surface area contributed by atoms with Crippen molar-refractivity contribution in [1.29, 1.82) is 0 Å². The molecule has 2 heterocycles. The number of H-pyrrole nitrogens is 1. The number of pyridine rings is 1. The van der Waals surface area contributed by atoms with Gasteiger partial charge in [-0.2, -0.15) is 18.3 Å². The highest BCUT2D eigenvalue weighted by molar-refractivity contribution is 6.07. The fourth-order valence-electron chi connectivity index (χ4n) is 1.94. The van der Waals surface area contributed by atoms with Gasteiger partial charge >= 0.3 is 6.18 Å². The third-order valence-electron chi connectivity index (χ3n) is 3.04. The fourth-order valence-corrected chi connectivity index (χ4v) is 1.94. The second-order valence-electron chi connectivity index (χ2n) is 4.50. The molecule has 0 atom stereocenters. The Morgan fingerprint density at radius 2 is 1.86 bits per heavy atom. The number of nitrogens with zero attached hydrogens (tertiary/aromatic N) is 2. The predicted octanol–water partition coefficient (Wildman–Crippen LogP) is 3.23. The summed E-state index contributed by atoms with van der Waals surface area (Å²) < 4.78 is 37.4. The van der Waals surface area contributed by atoms with E-state index in [1.807, 2.05) is 0 Å². The Morgan fingerprint density at radius 3 is 2.55 bits per heavy atom. The van der Waals surface area contributed by atoms with Crippen LogP contribution in [0.25, 0.3) is 11.0 Å². The second-order valence-corrected chi connectivity index (χ2v) is 4.50. The Hall–Kier alpha value is -2.90. The van der Waals surface area contributed by atoms with Crippen molar-refractivity contribution in [2.45, 2.75) is 6.18 Å². The first-order valence-corrected chi connectivity index (χ1v) is 6.23. The van der Waals surface area contributed by atoms with Crippen LogP contribution in [-0.4, -0.2) is 21.1 Å². The Morgan fingerprint density at radius 1 is 1.14 bits per heavy atom. The molecule has 0 fully saturated rings. The van der Waals surface area contributed by atoms with Gasteiger partial charge in [0.25, 0.3) is 5.91 Å². The first kappa shape index (κ1) is 14.1. The maximum Gasteiger partial charge on any atom is 0.416 e. The quantitative estimate of drug-likeness (QED) is 0.763. The third kappa shape index (κ3) is 2.62. The number of alkyl halides is 3. The topological polar surface area (TPSA) is 70.7 Å². The Balaban J connectivity index is 1.83. The number of hydrogen-bond acceptors (Lipinski definition) is 3. The van der Waals surface area contributed by atoms with Crippen LogP contribution in [0.2, 0.25) is 0 Å². The number of anilines is 1. The molecule has 0 aliphatic heterocycles. The minimum Gasteiger partial charge on any atom is -0.306 e. The number of fused-ring (bicyclic) bond motifs is 1. The van der Waals surface area contributed by atoms with Crippen LogP contribution in [0.1, 0.15) is 15.9 Å². The van der Waals surface area contributed by atoms with Crippen molar-refractivity contribution in [3.63, 3.8) is 0 Å². The van der Waals surface area contributed by atoms with Crippen LogP contribution >= 0.6 is 0 Å². The minimum absolute atomic E-state index is 0.111. The van der Waals surface area contributed by atoms with Gasteiger partial charge in [-0.05, 0) is 36.4 Å². The van der Waals surface area contributed by atoms with Crippen molar-refractivity contribution in [2.24, 2.45) is 0 Å². The Bertz CT molecular complexity index is 824. The first-order valence-electron chi connectivity index (χ1n) is 6.23. The lowest BCUT2D eigenvalue weighted by Gasteiger charge is -2.07. The summed E-state index contributed by atoms with van der Waals surface area (Å²) in [6.07, 6.45) is -2.87. The molecular formula is C14H9F3N4O. The molecular weight excluding hydrogens is 297 g/mol. The maximum absolute atomic E-state index is 12.5. The molecule has 0 aliphatic carbocycles. The molecule has 3 rings (SSSR count). The zero-order chi connectivity index (χ0) is 15.7. The second kappa shape index (κ2) is 5.14. The number of nitrogens with one attached hydrogen (secondary N) is 2. The van der Waals surface area contributed by atoms with E-state index in [4.69, 9.17) is 0 Å². The SMILES string of the molecule is O=C(Nc1[nH]nc2ncccc12)c1ccc(C(F)(F)F)cc1. The highest BCUT2D eigenvalue weighted by Crippen LogP contribution is 2.29. The third-order valence-corrected chi connectivity index (χ3v) is 3.04. The van der Waals surface area contributed by atoms with E-state index in [1.54, 1.807) is 18.3 Å². The molecule has 1 aromatic carbocycles. The van der Waals surface area contributed by atoms with E-state index in [2.05, 4.69) is 20.5 Å². The fraction of sp³-hybridized carbons (Fsp3) is 0.0714. The molecule has 5 nitrogen and oxygen atoms in total. The molecule has 0 saturated heterocycles. The number of halogens is 3. The van der Waals surface area contributed by atoms with E-state index in [-0.39, 0.29) is 5.56 Å². The van der Waals surface area contributed by atoms with E-state index < -0.39 is 17.6 Å². The number of benzene rings is 1. The van der Waals surface area contributed by atoms with Gasteiger partial charge in [-0.1, -0.05) is 0 Å². The van der Waals surface area contributed by atoms with Crippen molar-refractivity contribution >= 4 is 22.8 Å². The van der Waals surface area contributed by atoms with E-state index in [0.717, 1.165) is 24.3 Å². The molecule has 0 spiro atoms. The number of aromatic nitrogens is 3. The van der Waals surface area contributed by atoms with Crippen molar-refractivity contribution in [3.8, 4) is 0 Å². The lowest BCUT2D eigenvalue weighted by atomic mass is 10.1. The average molecular weight is 306 g/mol. The number of carbonyl (C=O) groups is 1. The van der Waals surface area contributed by atoms with Gasteiger partial charge in [0.2, 0.25) is 0 Å². The zero-order valence-electron chi connectivity index (χ0n) is 11.0. The van der Waals surface area contributed by atoms with Crippen LogP contribution < -0.4 is 5.32 Å². The Kier molecular flexibility index (Phi) is 3.28. The summed E-state index contributed by atoms with van der Waals surface area (Å²) in [7, 11) is 0. The molecule has 22 heavy (non-hydrogen) atoms. The number of amides is 1. The number of rotatable bonds is 2. The molecule has 2 N–H and O–H groups in total. The van der Waals surface area contributed by atoms with Crippen molar-refractivity contribution in [2.75, 3.05) is 5.32 Å². The number of aromatic amines is 1. The summed E-state index contributed by atoms with van der Waals surface area (Å²) >= 11 is 0. The van der Waals surface area contributed by atoms with Gasteiger partial charge < -0.3 is 5.32 Å². The van der Waals surface area contributed by atoms with Gasteiger partial charge in [0, 0.05) is 11.8 Å². The van der Waals surface area contributed by atoms with Crippen LogP contribution in [0.3, 0.4) is 0 Å². The molecule has 1 amide bonds. The van der Waals surface area contributed by atoms with Crippen LogP contribution in [0.15, 0.2) is 42.6 Å². The summed E-state index contributed by atoms with van der Waals surface area (Å²) in [5, 5.41) is 9.71. The molecule has 0 unspecified atom stereocenters. The molecule has 8 heteroatoms. The van der Waals surface area contributed by atoms with Crippen molar-refractivity contribution < 1.29 is 18.0 Å². The van der Waals surface area contributed by atoms with Gasteiger partial charge in [0.15, 0.2) is 5.65 Å². The van der Waals surface area contributed by atoms with E-state index in [0.29, 0.717) is 16.9 Å². The summed E-state index contributed by atoms with van der Waals surface area (Å²) in [4.78, 5) is 16.1. The van der Waals surface area contributed by atoms with Gasteiger partial charge in [-0.15, -0.1) is 0 Å². The molecule has 3 aromatic rings. The van der Waals surface area contributed by atoms with Gasteiger partial charge in [0.1, 0.15) is 5.82 Å². The molecule has 0 aliphatic rings.